The summed E-state index contributed by atoms with van der Waals surface area (Å²) in [5.41, 5.74) is 68.9. The van der Waals surface area contributed by atoms with E-state index < -0.39 is 227 Å². The Morgan fingerprint density at radius 1 is 0.398 bits per heavy atom. The molecule has 9 unspecified atom stereocenters. The van der Waals surface area contributed by atoms with E-state index in [0.29, 0.717) is 0 Å². The smallest absolute Gasteiger partial charge is 0.338 e. The molecule has 1 saturated carbocycles. The Morgan fingerprint density at radius 3 is 1.15 bits per heavy atom. The van der Waals surface area contributed by atoms with Crippen molar-refractivity contribution >= 4 is 56.2 Å². The maximum atomic E-state index is 14.1. The maximum absolute atomic E-state index is 14.1. The molecule has 2 aromatic rings. The van der Waals surface area contributed by atoms with Gasteiger partial charge in [0.15, 0.2) is 61.8 Å². The standard InChI is InChI=1S/C56H65N21O24.CH4.B.H2/c1-23-40(97-51(84)30-14-10-8-11-15-30)43(98-52(85)31-16-12-9-13-17-31)34(19-64-71-57)93-53(23)86-22-37-46(100-55-39(70-77-63)48(91-28(6)82)45(89-26(4)80)36(95-55)21-66-73-59)50(92-29(7)83)56(96-37)101-49-41(87-24(2)78)32(67-74-60)18-33(68-75-61)42(49)99-54-38(69-76-62)47(90-27(5)81)44(88-25(3)79)35(94-54)20-65-72-58;;;/h8-17,23,32-50,53-56H,18-22H2,1-7H3;1H4;;1H/t23?,32-,33?,34?,35?,36+,37-,38?,39?,40-,41?,42-,43-,44-,45-,46+,47-,48?,49-,50?,53-,54-,55-,56+;;;/m1.../s1/i;;;1+1. The molecule has 4 aliphatic heterocycles. The highest BCUT2D eigenvalue weighted by Gasteiger charge is 2.60. The van der Waals surface area contributed by atoms with E-state index >= 15 is 0 Å². The van der Waals surface area contributed by atoms with Crippen LogP contribution in [0.15, 0.2) is 96.5 Å². The summed E-state index contributed by atoms with van der Waals surface area (Å²) in [4.78, 5) is 126. The highest BCUT2D eigenvalue weighted by atomic mass is 16.8. The molecule has 0 bridgehead atoms. The van der Waals surface area contributed by atoms with Crippen molar-refractivity contribution in [1.82, 2.24) is 0 Å². The van der Waals surface area contributed by atoms with Crippen LogP contribution >= 0.6 is 0 Å². The van der Waals surface area contributed by atoms with Gasteiger partial charge in [0.25, 0.3) is 0 Å². The minimum absolute atomic E-state index is 0. The minimum atomic E-state index is -2.22. The maximum Gasteiger partial charge on any atom is 0.338 e. The van der Waals surface area contributed by atoms with Crippen LogP contribution in [0.4, 0.5) is 0 Å². The quantitative estimate of drug-likeness (QED) is 0.0193. The Hall–Kier alpha value is -10.9. The van der Waals surface area contributed by atoms with Crippen LogP contribution in [-0.4, -0.2) is 223 Å². The zero-order valence-corrected chi connectivity index (χ0v) is 54.9. The first-order chi connectivity index (χ1) is 48.5. The van der Waals surface area contributed by atoms with Gasteiger partial charge in [-0.05, 0) is 69.4 Å². The fourth-order valence-corrected chi connectivity index (χ4v) is 11.8. The first-order valence-corrected chi connectivity index (χ1v) is 30.4. The predicted octanol–water partition coefficient (Wildman–Crippen LogP) is 7.29. The molecule has 24 atom stereocenters. The number of benzene rings is 2. The molecule has 103 heavy (non-hydrogen) atoms. The van der Waals surface area contributed by atoms with Crippen molar-refractivity contribution < 1.29 is 116 Å². The lowest BCUT2D eigenvalue weighted by atomic mass is 9.83. The largest absolute Gasteiger partial charge is 0.459 e. The van der Waals surface area contributed by atoms with E-state index in [1.807, 2.05) is 0 Å². The van der Waals surface area contributed by atoms with Crippen LogP contribution in [0.2, 0.25) is 0 Å². The van der Waals surface area contributed by atoms with Crippen LogP contribution in [0.3, 0.4) is 0 Å². The highest BCUT2D eigenvalue weighted by molar-refractivity contribution is 5.90. The number of ether oxygens (including phenoxy) is 16. The molecule has 45 nitrogen and oxygen atoms in total. The summed E-state index contributed by atoms with van der Waals surface area (Å²) in [6.45, 7) is 4.19. The van der Waals surface area contributed by atoms with E-state index in [-0.39, 0.29) is 28.4 Å². The van der Waals surface area contributed by atoms with E-state index in [4.69, 9.17) is 75.8 Å². The number of azide groups is 7. The van der Waals surface area contributed by atoms with Crippen molar-refractivity contribution in [3.05, 3.63) is 145 Å². The predicted molar refractivity (Wildman–Crippen MR) is 342 cm³/mol. The fourth-order valence-electron chi connectivity index (χ4n) is 11.8. The normalized spacial score (nSPS) is 31.7. The third-order valence-electron chi connectivity index (χ3n) is 15.7. The van der Waals surface area contributed by atoms with Gasteiger partial charge >= 0.3 is 47.8 Å². The van der Waals surface area contributed by atoms with Gasteiger partial charge in [-0.1, -0.05) is 86.5 Å². The number of hydrogen-bond donors (Lipinski definition) is 0. The molecule has 3 radical (unpaired) electrons. The monoisotopic (exact) mass is 1450 g/mol. The summed E-state index contributed by atoms with van der Waals surface area (Å²) in [6, 6.07) is 8.09. The van der Waals surface area contributed by atoms with Crippen LogP contribution < -0.4 is 0 Å². The number of carbonyl (C=O) groups is 8. The summed E-state index contributed by atoms with van der Waals surface area (Å²) >= 11 is 0. The second kappa shape index (κ2) is 39.9. The van der Waals surface area contributed by atoms with Crippen molar-refractivity contribution in [2.24, 2.45) is 41.7 Å². The Kier molecular flexibility index (Phi) is 32.1. The van der Waals surface area contributed by atoms with Crippen molar-refractivity contribution in [3.63, 3.8) is 0 Å². The van der Waals surface area contributed by atoms with Gasteiger partial charge < -0.3 is 75.8 Å². The molecule has 0 spiro atoms. The second-order valence-electron chi connectivity index (χ2n) is 22.5. The molecule has 0 amide bonds. The summed E-state index contributed by atoms with van der Waals surface area (Å²) in [5.74, 6) is -9.40. The summed E-state index contributed by atoms with van der Waals surface area (Å²) in [6.07, 6.45) is -35.5. The van der Waals surface area contributed by atoms with E-state index in [1.54, 1.807) is 36.4 Å². The first-order valence-electron chi connectivity index (χ1n) is 30.4. The average Bonchev–Trinajstić information content (AvgIpc) is 1.41. The lowest BCUT2D eigenvalue weighted by Crippen LogP contribution is -2.65. The zero-order valence-electron chi connectivity index (χ0n) is 54.9. The van der Waals surface area contributed by atoms with Gasteiger partial charge in [0.2, 0.25) is 0 Å². The van der Waals surface area contributed by atoms with Crippen LogP contribution in [0.5, 0.6) is 0 Å². The molecule has 551 valence electrons. The van der Waals surface area contributed by atoms with E-state index in [1.165, 1.54) is 31.2 Å². The van der Waals surface area contributed by atoms with Crippen LogP contribution in [0.25, 0.3) is 73.1 Å². The lowest BCUT2D eigenvalue weighted by molar-refractivity contribution is -0.310. The first kappa shape index (κ1) is 82.8. The van der Waals surface area contributed by atoms with Gasteiger partial charge in [-0.2, -0.15) is 0 Å². The molecule has 0 aromatic heterocycles. The van der Waals surface area contributed by atoms with Crippen molar-refractivity contribution in [2.45, 2.75) is 203 Å². The molecular weight excluding hydrogens is 1370 g/mol. The molecule has 5 fully saturated rings. The zero-order chi connectivity index (χ0) is 73.4. The average molecular weight is 1450 g/mol. The van der Waals surface area contributed by atoms with E-state index in [2.05, 4.69) is 70.2 Å². The Bertz CT molecular complexity index is 3700. The molecular formula is C57H71BN21O24. The van der Waals surface area contributed by atoms with Crippen LogP contribution in [0, 0.1) is 5.92 Å². The number of esters is 8. The molecule has 46 heteroatoms. The summed E-state index contributed by atoms with van der Waals surface area (Å²) < 4.78 is 98.1. The minimum Gasteiger partial charge on any atom is -0.459 e. The topological polar surface area (TPSA) is 626 Å². The number of rotatable bonds is 29. The molecule has 2 aromatic carbocycles. The molecule has 0 N–H and O–H groups in total. The van der Waals surface area contributed by atoms with E-state index in [9.17, 15) is 77.1 Å². The second-order valence-corrected chi connectivity index (χ2v) is 22.5. The van der Waals surface area contributed by atoms with Gasteiger partial charge in [0.1, 0.15) is 60.9 Å². The summed E-state index contributed by atoms with van der Waals surface area (Å²) in [7, 11) is 0. The molecule has 7 rings (SSSR count). The fraction of sp³-hybridized carbons (Fsp3) is 0.649. The number of hydrogen-bond acceptors (Lipinski definition) is 31. The van der Waals surface area contributed by atoms with Gasteiger partial charge in [-0.25, -0.2) is 9.59 Å². The SMILES string of the molecule is C.CC(=O)OC1[C@H](O[C@@H]2C(OC(C)=O)[C@H](N=[N+]=[N-])CC(N=[N+]=[N-])[C@H]2O[C@H]2OC(CN=[N+]=[N-])[C@@H](OC(C)=O)[C@H](OC(C)=O)C2N=[N+]=[N-])O[C@H](CO[C@@H]2OC(CN=[N+]=[N-])[C@@H](OC(=O)c3ccccc3)[C@H](OC(=O)c3ccccc3)C2C)[C@@H]1O[C@H]1O[C@@H](CN=[N+]=[N-])[C@@H](OC(C)=O)C(OC(C)=O)C1N=[N+]=[N-].[2HH].[B]. The van der Waals surface area contributed by atoms with Crippen LogP contribution in [0.1, 0.15) is 84.5 Å². The Morgan fingerprint density at radius 2 is 0.738 bits per heavy atom. The van der Waals surface area contributed by atoms with Gasteiger partial charge in [-0.15, -0.1) is 0 Å². The van der Waals surface area contributed by atoms with Gasteiger partial charge in [0.05, 0.1) is 55.6 Å². The summed E-state index contributed by atoms with van der Waals surface area (Å²) in [5, 5.41) is 26.0. The van der Waals surface area contributed by atoms with Gasteiger partial charge in [0, 0.05) is 91.7 Å². The van der Waals surface area contributed by atoms with Gasteiger partial charge in [-0.3, -0.25) is 28.8 Å². The third kappa shape index (κ3) is 21.8. The highest BCUT2D eigenvalue weighted by Crippen LogP contribution is 2.42. The number of nitrogens with zero attached hydrogens (tertiary/aromatic N) is 21. The lowest BCUT2D eigenvalue weighted by Gasteiger charge is -2.48. The Labute approximate surface area is 586 Å². The molecule has 4 saturated heterocycles. The van der Waals surface area contributed by atoms with Crippen LogP contribution in [-0.2, 0) is 105 Å². The molecule has 5 aliphatic rings. The molecule has 4 heterocycles. The van der Waals surface area contributed by atoms with Crippen molar-refractivity contribution in [2.75, 3.05) is 26.2 Å². The number of carbonyl (C=O) groups excluding carboxylic acids is 8. The third-order valence-corrected chi connectivity index (χ3v) is 15.7. The Balaban J connectivity index is 0.00000763. The van der Waals surface area contributed by atoms with E-state index in [0.717, 1.165) is 41.5 Å². The van der Waals surface area contributed by atoms with Crippen molar-refractivity contribution in [1.29, 1.82) is 0 Å². The van der Waals surface area contributed by atoms with Crippen molar-refractivity contribution in [3.8, 4) is 0 Å². The molecule has 1 aliphatic carbocycles.